The van der Waals surface area contributed by atoms with Gasteiger partial charge in [0.2, 0.25) is 0 Å². The largest absolute Gasteiger partial charge is 0.363 e. The summed E-state index contributed by atoms with van der Waals surface area (Å²) in [6, 6.07) is 19.4. The SMILES string of the molecule is Cc1ccc(C2=C(N3CCN(c4ccccn4)CC3)C(=O)N(c3ccccc3C)C2=O)cc1C. The van der Waals surface area contributed by atoms with Crippen molar-refractivity contribution in [1.82, 2.24) is 9.88 Å². The van der Waals surface area contributed by atoms with E-state index in [1.807, 2.05) is 81.4 Å². The van der Waals surface area contributed by atoms with E-state index in [-0.39, 0.29) is 11.8 Å². The standard InChI is InChI=1S/C28H28N4O2/c1-19-11-12-22(18-21(19)3)25-26(28(34)32(27(25)33)23-9-5-4-8-20(23)2)31-16-14-30(15-17-31)24-10-6-7-13-29-24/h4-13,18H,14-17H2,1-3H3. The summed E-state index contributed by atoms with van der Waals surface area (Å²) in [5.74, 6) is 0.421. The maximum absolute atomic E-state index is 13.8. The number of rotatable bonds is 4. The summed E-state index contributed by atoms with van der Waals surface area (Å²) < 4.78 is 0. The second-order valence-corrected chi connectivity index (χ2v) is 8.92. The molecule has 1 fully saturated rings. The van der Waals surface area contributed by atoms with E-state index in [2.05, 4.69) is 14.8 Å². The fourth-order valence-electron chi connectivity index (χ4n) is 4.70. The molecular formula is C28H28N4O2. The number of aromatic nitrogens is 1. The van der Waals surface area contributed by atoms with Crippen molar-refractivity contribution in [3.8, 4) is 0 Å². The Balaban J connectivity index is 1.54. The van der Waals surface area contributed by atoms with Crippen molar-refractivity contribution in [2.75, 3.05) is 36.0 Å². The number of carbonyl (C=O) groups excluding carboxylic acids is 2. The predicted molar refractivity (Wildman–Crippen MR) is 135 cm³/mol. The average molecular weight is 453 g/mol. The van der Waals surface area contributed by atoms with Crippen LogP contribution in [0.5, 0.6) is 0 Å². The lowest BCUT2D eigenvalue weighted by Crippen LogP contribution is -2.48. The summed E-state index contributed by atoms with van der Waals surface area (Å²) in [7, 11) is 0. The van der Waals surface area contributed by atoms with E-state index in [1.165, 1.54) is 4.90 Å². The number of anilines is 2. The van der Waals surface area contributed by atoms with Crippen molar-refractivity contribution < 1.29 is 9.59 Å². The van der Waals surface area contributed by atoms with E-state index in [0.29, 0.717) is 30.0 Å². The first kappa shape index (κ1) is 21.9. The number of hydrogen-bond donors (Lipinski definition) is 0. The average Bonchev–Trinajstić information content (AvgIpc) is 3.11. The third-order valence-electron chi connectivity index (χ3n) is 6.78. The number of carbonyl (C=O) groups is 2. The molecule has 2 aromatic carbocycles. The number of hydrogen-bond acceptors (Lipinski definition) is 5. The lowest BCUT2D eigenvalue weighted by atomic mass is 9.99. The molecule has 2 aliphatic heterocycles. The van der Waals surface area contributed by atoms with E-state index < -0.39 is 0 Å². The minimum absolute atomic E-state index is 0.251. The van der Waals surface area contributed by atoms with Crippen LogP contribution in [0.3, 0.4) is 0 Å². The van der Waals surface area contributed by atoms with Crippen molar-refractivity contribution in [3.05, 3.63) is 94.8 Å². The minimum Gasteiger partial charge on any atom is -0.363 e. The zero-order valence-electron chi connectivity index (χ0n) is 19.8. The van der Waals surface area contributed by atoms with Gasteiger partial charge >= 0.3 is 0 Å². The number of benzene rings is 2. The van der Waals surface area contributed by atoms with E-state index in [0.717, 1.165) is 41.2 Å². The zero-order valence-corrected chi connectivity index (χ0v) is 19.8. The molecule has 2 amide bonds. The van der Waals surface area contributed by atoms with E-state index >= 15 is 0 Å². The second-order valence-electron chi connectivity index (χ2n) is 8.92. The fraction of sp³-hybridized carbons (Fsp3) is 0.250. The normalized spacial score (nSPS) is 16.6. The molecular weight excluding hydrogens is 424 g/mol. The van der Waals surface area contributed by atoms with Gasteiger partial charge in [-0.05, 0) is 61.2 Å². The number of imide groups is 1. The quantitative estimate of drug-likeness (QED) is 0.558. The molecule has 34 heavy (non-hydrogen) atoms. The third kappa shape index (κ3) is 3.75. The van der Waals surface area contributed by atoms with Crippen LogP contribution < -0.4 is 9.80 Å². The number of amides is 2. The van der Waals surface area contributed by atoms with Gasteiger partial charge in [-0.2, -0.15) is 0 Å². The van der Waals surface area contributed by atoms with Gasteiger partial charge in [-0.15, -0.1) is 0 Å². The molecule has 1 saturated heterocycles. The molecule has 0 radical (unpaired) electrons. The summed E-state index contributed by atoms with van der Waals surface area (Å²) in [5.41, 5.74) is 5.56. The molecule has 6 heteroatoms. The predicted octanol–water partition coefficient (Wildman–Crippen LogP) is 4.11. The molecule has 0 unspecified atom stereocenters. The van der Waals surface area contributed by atoms with Crippen LogP contribution in [0.2, 0.25) is 0 Å². The molecule has 0 bridgehead atoms. The van der Waals surface area contributed by atoms with Gasteiger partial charge in [-0.1, -0.05) is 42.5 Å². The molecule has 6 nitrogen and oxygen atoms in total. The molecule has 2 aliphatic rings. The molecule has 0 aliphatic carbocycles. The molecule has 5 rings (SSSR count). The van der Waals surface area contributed by atoms with Gasteiger partial charge in [0.25, 0.3) is 11.8 Å². The number of pyridine rings is 1. The highest BCUT2D eigenvalue weighted by Gasteiger charge is 2.43. The summed E-state index contributed by atoms with van der Waals surface area (Å²) in [5, 5.41) is 0. The Bertz CT molecular complexity index is 1290. The summed E-state index contributed by atoms with van der Waals surface area (Å²) in [4.78, 5) is 37.7. The van der Waals surface area contributed by atoms with Crippen LogP contribution in [-0.4, -0.2) is 47.9 Å². The molecule has 172 valence electrons. The highest BCUT2D eigenvalue weighted by atomic mass is 16.2. The molecule has 0 saturated carbocycles. The summed E-state index contributed by atoms with van der Waals surface area (Å²) in [6.07, 6.45) is 1.79. The summed E-state index contributed by atoms with van der Waals surface area (Å²) in [6.45, 7) is 8.74. The van der Waals surface area contributed by atoms with Crippen molar-refractivity contribution in [2.45, 2.75) is 20.8 Å². The first-order chi connectivity index (χ1) is 16.5. The first-order valence-electron chi connectivity index (χ1n) is 11.6. The Labute approximate surface area is 200 Å². The Kier molecular flexibility index (Phi) is 5.65. The number of nitrogens with zero attached hydrogens (tertiary/aromatic N) is 4. The highest BCUT2D eigenvalue weighted by Crippen LogP contribution is 2.37. The van der Waals surface area contributed by atoms with Gasteiger partial charge in [0.05, 0.1) is 11.3 Å². The van der Waals surface area contributed by atoms with Crippen LogP contribution in [0.4, 0.5) is 11.5 Å². The lowest BCUT2D eigenvalue weighted by Gasteiger charge is -2.37. The van der Waals surface area contributed by atoms with Crippen molar-refractivity contribution in [1.29, 1.82) is 0 Å². The van der Waals surface area contributed by atoms with Gasteiger partial charge in [0, 0.05) is 32.4 Å². The lowest BCUT2D eigenvalue weighted by molar-refractivity contribution is -0.120. The van der Waals surface area contributed by atoms with Crippen LogP contribution in [0.1, 0.15) is 22.3 Å². The minimum atomic E-state index is -0.260. The monoisotopic (exact) mass is 452 g/mol. The first-order valence-corrected chi connectivity index (χ1v) is 11.6. The van der Waals surface area contributed by atoms with Crippen molar-refractivity contribution >= 4 is 28.9 Å². The molecule has 0 N–H and O–H groups in total. The number of para-hydroxylation sites is 1. The van der Waals surface area contributed by atoms with Gasteiger partial charge in [0.1, 0.15) is 11.5 Å². The van der Waals surface area contributed by atoms with Crippen LogP contribution in [-0.2, 0) is 9.59 Å². The fourth-order valence-corrected chi connectivity index (χ4v) is 4.70. The molecule has 3 aromatic rings. The molecule has 0 atom stereocenters. The Hall–Kier alpha value is -3.93. The van der Waals surface area contributed by atoms with Gasteiger partial charge in [-0.3, -0.25) is 9.59 Å². The van der Waals surface area contributed by atoms with Crippen LogP contribution in [0.25, 0.3) is 5.57 Å². The highest BCUT2D eigenvalue weighted by molar-refractivity contribution is 6.45. The van der Waals surface area contributed by atoms with Crippen LogP contribution in [0, 0.1) is 20.8 Å². The van der Waals surface area contributed by atoms with Crippen LogP contribution >= 0.6 is 0 Å². The van der Waals surface area contributed by atoms with Crippen molar-refractivity contribution in [2.24, 2.45) is 0 Å². The molecule has 1 aromatic heterocycles. The number of aryl methyl sites for hydroxylation is 3. The second kappa shape index (κ2) is 8.78. The topological polar surface area (TPSA) is 56.8 Å². The smallest absolute Gasteiger partial charge is 0.282 e. The van der Waals surface area contributed by atoms with Crippen molar-refractivity contribution in [3.63, 3.8) is 0 Å². The van der Waals surface area contributed by atoms with Gasteiger partial charge in [0.15, 0.2) is 0 Å². The van der Waals surface area contributed by atoms with E-state index in [9.17, 15) is 9.59 Å². The van der Waals surface area contributed by atoms with E-state index in [4.69, 9.17) is 0 Å². The Morgan fingerprint density at radius 3 is 2.09 bits per heavy atom. The Morgan fingerprint density at radius 2 is 1.41 bits per heavy atom. The zero-order chi connectivity index (χ0) is 23.8. The molecule has 3 heterocycles. The van der Waals surface area contributed by atoms with Crippen LogP contribution in [0.15, 0.2) is 72.6 Å². The number of piperazine rings is 1. The maximum Gasteiger partial charge on any atom is 0.282 e. The van der Waals surface area contributed by atoms with Gasteiger partial charge < -0.3 is 9.80 Å². The van der Waals surface area contributed by atoms with Gasteiger partial charge in [-0.25, -0.2) is 9.88 Å². The summed E-state index contributed by atoms with van der Waals surface area (Å²) >= 11 is 0. The Morgan fingerprint density at radius 1 is 0.706 bits per heavy atom. The maximum atomic E-state index is 13.8. The third-order valence-corrected chi connectivity index (χ3v) is 6.78. The van der Waals surface area contributed by atoms with E-state index in [1.54, 1.807) is 6.20 Å². The molecule has 0 spiro atoms.